The Morgan fingerprint density at radius 2 is 2.00 bits per heavy atom. The number of nitrogens with one attached hydrogen (secondary N) is 1. The molecule has 1 aromatic heterocycles. The number of hydrogen-bond donors (Lipinski definition) is 1. The summed E-state index contributed by atoms with van der Waals surface area (Å²) in [6.45, 7) is 2.85. The zero-order valence-electron chi connectivity index (χ0n) is 12.9. The average Bonchev–Trinajstić information content (AvgIpc) is 2.98. The highest BCUT2D eigenvalue weighted by Gasteiger charge is 2.42. The van der Waals surface area contributed by atoms with E-state index in [1.807, 2.05) is 19.3 Å². The fourth-order valence-corrected chi connectivity index (χ4v) is 3.84. The van der Waals surface area contributed by atoms with Crippen molar-refractivity contribution in [3.63, 3.8) is 0 Å². The van der Waals surface area contributed by atoms with Crippen LogP contribution < -0.4 is 5.32 Å². The Balaban J connectivity index is 2.09. The van der Waals surface area contributed by atoms with Crippen molar-refractivity contribution in [2.75, 3.05) is 13.7 Å². The lowest BCUT2D eigenvalue weighted by Crippen LogP contribution is -2.43. The van der Waals surface area contributed by atoms with Crippen molar-refractivity contribution in [3.05, 3.63) is 42.1 Å². The summed E-state index contributed by atoms with van der Waals surface area (Å²) in [7, 11) is 2.03. The molecule has 0 amide bonds. The zero-order valence-corrected chi connectivity index (χ0v) is 12.9. The lowest BCUT2D eigenvalue weighted by Gasteiger charge is -2.38. The van der Waals surface area contributed by atoms with Gasteiger partial charge in [0.05, 0.1) is 17.2 Å². The fourth-order valence-electron chi connectivity index (χ4n) is 3.84. The summed E-state index contributed by atoms with van der Waals surface area (Å²) in [5, 5.41) is 4.71. The van der Waals surface area contributed by atoms with Crippen LogP contribution in [0.25, 0.3) is 10.9 Å². The van der Waals surface area contributed by atoms with E-state index >= 15 is 0 Å². The summed E-state index contributed by atoms with van der Waals surface area (Å²) in [4.78, 5) is 4.62. The molecule has 0 spiro atoms. The van der Waals surface area contributed by atoms with E-state index < -0.39 is 0 Å². The van der Waals surface area contributed by atoms with E-state index in [2.05, 4.69) is 41.5 Å². The second kappa shape index (κ2) is 6.12. The normalized spacial score (nSPS) is 19.0. The third-order valence-corrected chi connectivity index (χ3v) is 4.67. The molecule has 3 rings (SSSR count). The van der Waals surface area contributed by atoms with Crippen LogP contribution in [0.2, 0.25) is 0 Å². The predicted molar refractivity (Wildman–Crippen MR) is 86.4 cm³/mol. The minimum Gasteiger partial charge on any atom is -0.373 e. The standard InChI is InChI=1S/C18H24N2O/c1-3-21-18(11-4-5-12-18)17(19-2)15-10-6-8-14-9-7-13-20-16(14)15/h6-10,13,17,19H,3-5,11-12H2,1-2H3. The largest absolute Gasteiger partial charge is 0.373 e. The first-order chi connectivity index (χ1) is 10.3. The maximum Gasteiger partial charge on any atom is 0.0876 e. The molecular weight excluding hydrogens is 260 g/mol. The van der Waals surface area contributed by atoms with Gasteiger partial charge in [-0.2, -0.15) is 0 Å². The number of likely N-dealkylation sites (N-methyl/N-ethyl adjacent to an activating group) is 1. The number of benzene rings is 1. The summed E-state index contributed by atoms with van der Waals surface area (Å²) >= 11 is 0. The fraction of sp³-hybridized carbons (Fsp3) is 0.500. The van der Waals surface area contributed by atoms with Crippen molar-refractivity contribution in [2.45, 2.75) is 44.2 Å². The molecule has 1 atom stereocenters. The molecule has 1 saturated carbocycles. The number of rotatable bonds is 5. The first-order valence-electron chi connectivity index (χ1n) is 7.95. The van der Waals surface area contributed by atoms with E-state index in [1.165, 1.54) is 23.8 Å². The lowest BCUT2D eigenvalue weighted by atomic mass is 9.85. The maximum absolute atomic E-state index is 6.26. The molecule has 1 aromatic carbocycles. The highest BCUT2D eigenvalue weighted by Crippen LogP contribution is 2.44. The Kier molecular flexibility index (Phi) is 4.22. The molecule has 3 nitrogen and oxygen atoms in total. The number of fused-ring (bicyclic) bond motifs is 1. The highest BCUT2D eigenvalue weighted by atomic mass is 16.5. The Bertz CT molecular complexity index is 600. The molecule has 2 aromatic rings. The van der Waals surface area contributed by atoms with E-state index in [1.54, 1.807) is 0 Å². The molecular formula is C18H24N2O. The first-order valence-corrected chi connectivity index (χ1v) is 7.95. The van der Waals surface area contributed by atoms with Gasteiger partial charge < -0.3 is 10.1 Å². The minimum atomic E-state index is -0.0880. The van der Waals surface area contributed by atoms with Crippen LogP contribution in [-0.4, -0.2) is 24.2 Å². The molecule has 21 heavy (non-hydrogen) atoms. The monoisotopic (exact) mass is 284 g/mol. The van der Waals surface area contributed by atoms with Crippen LogP contribution in [0, 0.1) is 0 Å². The second-order valence-electron chi connectivity index (χ2n) is 5.85. The van der Waals surface area contributed by atoms with Gasteiger partial charge in [0.25, 0.3) is 0 Å². The molecule has 1 fully saturated rings. The molecule has 0 radical (unpaired) electrons. The maximum atomic E-state index is 6.26. The number of aromatic nitrogens is 1. The van der Waals surface area contributed by atoms with Crippen molar-refractivity contribution < 1.29 is 4.74 Å². The van der Waals surface area contributed by atoms with Crippen molar-refractivity contribution in [2.24, 2.45) is 0 Å². The van der Waals surface area contributed by atoms with E-state index in [0.717, 1.165) is 25.0 Å². The third kappa shape index (κ3) is 2.56. The van der Waals surface area contributed by atoms with Gasteiger partial charge in [-0.3, -0.25) is 4.98 Å². The van der Waals surface area contributed by atoms with Crippen LogP contribution in [0.4, 0.5) is 0 Å². The van der Waals surface area contributed by atoms with Crippen LogP contribution in [0.15, 0.2) is 36.5 Å². The van der Waals surface area contributed by atoms with E-state index in [0.29, 0.717) is 0 Å². The molecule has 0 aliphatic heterocycles. The van der Waals surface area contributed by atoms with Gasteiger partial charge in [0, 0.05) is 18.2 Å². The van der Waals surface area contributed by atoms with Crippen molar-refractivity contribution >= 4 is 10.9 Å². The Labute approximate surface area is 126 Å². The lowest BCUT2D eigenvalue weighted by molar-refractivity contribution is -0.0607. The first kappa shape index (κ1) is 14.5. The molecule has 0 saturated heterocycles. The Hall–Kier alpha value is -1.45. The van der Waals surface area contributed by atoms with Gasteiger partial charge in [0.1, 0.15) is 0 Å². The Morgan fingerprint density at radius 1 is 1.24 bits per heavy atom. The number of para-hydroxylation sites is 1. The van der Waals surface area contributed by atoms with Gasteiger partial charge in [0.15, 0.2) is 0 Å². The SMILES string of the molecule is CCOC1(C(NC)c2cccc3cccnc23)CCCC1. The van der Waals surface area contributed by atoms with Gasteiger partial charge in [-0.05, 0) is 38.4 Å². The number of nitrogens with zero attached hydrogens (tertiary/aromatic N) is 1. The van der Waals surface area contributed by atoms with E-state index in [-0.39, 0.29) is 11.6 Å². The van der Waals surface area contributed by atoms with Gasteiger partial charge in [-0.1, -0.05) is 37.1 Å². The quantitative estimate of drug-likeness (QED) is 0.905. The average molecular weight is 284 g/mol. The third-order valence-electron chi connectivity index (χ3n) is 4.67. The van der Waals surface area contributed by atoms with Gasteiger partial charge in [0.2, 0.25) is 0 Å². The Morgan fingerprint density at radius 3 is 2.71 bits per heavy atom. The zero-order chi connectivity index (χ0) is 14.7. The molecule has 1 aliphatic rings. The van der Waals surface area contributed by atoms with Gasteiger partial charge in [-0.25, -0.2) is 0 Å². The summed E-state index contributed by atoms with van der Waals surface area (Å²) in [6, 6.07) is 10.8. The van der Waals surface area contributed by atoms with Gasteiger partial charge in [-0.15, -0.1) is 0 Å². The van der Waals surface area contributed by atoms with Crippen molar-refractivity contribution in [1.82, 2.24) is 10.3 Å². The van der Waals surface area contributed by atoms with Crippen molar-refractivity contribution in [3.8, 4) is 0 Å². The number of pyridine rings is 1. The molecule has 1 aliphatic carbocycles. The molecule has 1 N–H and O–H groups in total. The summed E-state index contributed by atoms with van der Waals surface area (Å²) in [6.07, 6.45) is 6.61. The second-order valence-corrected chi connectivity index (χ2v) is 5.85. The number of hydrogen-bond acceptors (Lipinski definition) is 3. The highest BCUT2D eigenvalue weighted by molar-refractivity contribution is 5.82. The van der Waals surface area contributed by atoms with Crippen molar-refractivity contribution in [1.29, 1.82) is 0 Å². The summed E-state index contributed by atoms with van der Waals surface area (Å²) in [5.74, 6) is 0. The molecule has 1 heterocycles. The van der Waals surface area contributed by atoms with Crippen LogP contribution in [0.5, 0.6) is 0 Å². The van der Waals surface area contributed by atoms with Crippen LogP contribution >= 0.6 is 0 Å². The molecule has 112 valence electrons. The predicted octanol–water partition coefficient (Wildman–Crippen LogP) is 3.84. The van der Waals surface area contributed by atoms with Crippen LogP contribution in [0.1, 0.15) is 44.2 Å². The topological polar surface area (TPSA) is 34.1 Å². The molecule has 0 bridgehead atoms. The van der Waals surface area contributed by atoms with Crippen LogP contribution in [0.3, 0.4) is 0 Å². The smallest absolute Gasteiger partial charge is 0.0876 e. The van der Waals surface area contributed by atoms with E-state index in [9.17, 15) is 0 Å². The van der Waals surface area contributed by atoms with Crippen LogP contribution in [-0.2, 0) is 4.74 Å². The van der Waals surface area contributed by atoms with Gasteiger partial charge >= 0.3 is 0 Å². The number of ether oxygens (including phenoxy) is 1. The van der Waals surface area contributed by atoms with E-state index in [4.69, 9.17) is 4.74 Å². The molecule has 3 heteroatoms. The summed E-state index contributed by atoms with van der Waals surface area (Å²) < 4.78 is 6.26. The molecule has 1 unspecified atom stereocenters. The summed E-state index contributed by atoms with van der Waals surface area (Å²) in [5.41, 5.74) is 2.26. The minimum absolute atomic E-state index is 0.0880.